The summed E-state index contributed by atoms with van der Waals surface area (Å²) in [6.45, 7) is 9.26. The number of rotatable bonds is 3. The summed E-state index contributed by atoms with van der Waals surface area (Å²) < 4.78 is 0. The van der Waals surface area contributed by atoms with E-state index in [9.17, 15) is 0 Å². The van der Waals surface area contributed by atoms with E-state index in [0.717, 1.165) is 19.0 Å². The third-order valence-corrected chi connectivity index (χ3v) is 3.53. The molecule has 0 amide bonds. The van der Waals surface area contributed by atoms with Gasteiger partial charge < -0.3 is 4.81 Å². The van der Waals surface area contributed by atoms with E-state index in [-0.39, 0.29) is 0 Å². The Morgan fingerprint density at radius 3 is 2.31 bits per heavy atom. The van der Waals surface area contributed by atoms with Crippen LogP contribution in [0.25, 0.3) is 0 Å². The minimum atomic E-state index is 0.524. The molecule has 1 nitrogen and oxygen atoms in total. The average Bonchev–Trinajstić information content (AvgIpc) is 2.05. The van der Waals surface area contributed by atoms with Crippen molar-refractivity contribution in [2.75, 3.05) is 13.1 Å². The molecule has 0 aliphatic carbocycles. The molecule has 1 saturated heterocycles. The van der Waals surface area contributed by atoms with Crippen molar-refractivity contribution in [1.29, 1.82) is 0 Å². The topological polar surface area (TPSA) is 3.24 Å². The van der Waals surface area contributed by atoms with Crippen LogP contribution in [0.2, 0.25) is 0 Å². The number of piperidine rings is 1. The fourth-order valence-electron chi connectivity index (χ4n) is 2.53. The first-order chi connectivity index (χ1) is 6.06. The van der Waals surface area contributed by atoms with Gasteiger partial charge in [-0.25, -0.2) is 0 Å². The predicted octanol–water partition coefficient (Wildman–Crippen LogP) is 2.61. The van der Waals surface area contributed by atoms with Crippen LogP contribution in [0.5, 0.6) is 0 Å². The molecule has 2 radical (unpaired) electrons. The van der Waals surface area contributed by atoms with Crippen LogP contribution in [0.4, 0.5) is 0 Å². The zero-order chi connectivity index (χ0) is 9.90. The fraction of sp³-hybridized carbons (Fsp3) is 1.00. The second kappa shape index (κ2) is 4.50. The standard InChI is InChI=1S/C11H22BN/c1-4-7-11(2,3)10-5-8-13(12)9-6-10/h10H,4-9H2,1-3H3. The van der Waals surface area contributed by atoms with Crippen LogP contribution in [0, 0.1) is 11.3 Å². The quantitative estimate of drug-likeness (QED) is 0.602. The summed E-state index contributed by atoms with van der Waals surface area (Å²) in [6.07, 6.45) is 5.21. The molecule has 0 aromatic heterocycles. The van der Waals surface area contributed by atoms with E-state index in [1.165, 1.54) is 25.7 Å². The van der Waals surface area contributed by atoms with Gasteiger partial charge in [0.25, 0.3) is 0 Å². The summed E-state index contributed by atoms with van der Waals surface area (Å²) in [5.41, 5.74) is 0.524. The molecule has 0 spiro atoms. The van der Waals surface area contributed by atoms with Gasteiger partial charge in [-0.05, 0) is 43.7 Å². The molecule has 0 unspecified atom stereocenters. The van der Waals surface area contributed by atoms with E-state index in [4.69, 9.17) is 7.98 Å². The van der Waals surface area contributed by atoms with Gasteiger partial charge >= 0.3 is 0 Å². The normalized spacial score (nSPS) is 22.1. The van der Waals surface area contributed by atoms with Crippen LogP contribution in [0.3, 0.4) is 0 Å². The molecule has 0 aromatic rings. The molecule has 1 heterocycles. The predicted molar refractivity (Wildman–Crippen MR) is 58.7 cm³/mol. The second-order valence-electron chi connectivity index (χ2n) is 5.05. The molecule has 0 aromatic carbocycles. The van der Waals surface area contributed by atoms with Crippen molar-refractivity contribution in [3.63, 3.8) is 0 Å². The van der Waals surface area contributed by atoms with Crippen LogP contribution in [-0.4, -0.2) is 25.9 Å². The van der Waals surface area contributed by atoms with Crippen molar-refractivity contribution in [1.82, 2.24) is 4.81 Å². The van der Waals surface area contributed by atoms with Gasteiger partial charge in [-0.1, -0.05) is 27.2 Å². The summed E-state index contributed by atoms with van der Waals surface area (Å²) in [5, 5.41) is 0. The largest absolute Gasteiger partial charge is 0.353 e. The molecule has 1 aliphatic rings. The van der Waals surface area contributed by atoms with Crippen LogP contribution in [-0.2, 0) is 0 Å². The Morgan fingerprint density at radius 2 is 1.85 bits per heavy atom. The highest BCUT2D eigenvalue weighted by Gasteiger charge is 2.30. The van der Waals surface area contributed by atoms with Crippen molar-refractivity contribution >= 4 is 7.98 Å². The van der Waals surface area contributed by atoms with E-state index < -0.39 is 0 Å². The van der Waals surface area contributed by atoms with Gasteiger partial charge in [0.15, 0.2) is 7.98 Å². The zero-order valence-corrected chi connectivity index (χ0v) is 9.34. The maximum absolute atomic E-state index is 5.75. The van der Waals surface area contributed by atoms with Crippen LogP contribution in [0.15, 0.2) is 0 Å². The second-order valence-corrected chi connectivity index (χ2v) is 5.05. The molecule has 1 aliphatic heterocycles. The summed E-state index contributed by atoms with van der Waals surface area (Å²) in [6, 6.07) is 0. The SMILES string of the molecule is [B]N1CCC(C(C)(C)CCC)CC1. The maximum Gasteiger partial charge on any atom is 0.182 e. The Morgan fingerprint density at radius 1 is 1.31 bits per heavy atom. The van der Waals surface area contributed by atoms with E-state index >= 15 is 0 Å². The first kappa shape index (κ1) is 11.1. The lowest BCUT2D eigenvalue weighted by Crippen LogP contribution is -2.37. The Kier molecular flexibility index (Phi) is 3.84. The summed E-state index contributed by atoms with van der Waals surface area (Å²) in [7, 11) is 5.75. The number of hydrogen-bond donors (Lipinski definition) is 0. The van der Waals surface area contributed by atoms with Crippen LogP contribution < -0.4 is 0 Å². The highest BCUT2D eigenvalue weighted by molar-refractivity contribution is 6.04. The van der Waals surface area contributed by atoms with Gasteiger partial charge in [0.05, 0.1) is 0 Å². The number of hydrogen-bond acceptors (Lipinski definition) is 1. The highest BCUT2D eigenvalue weighted by Crippen LogP contribution is 2.38. The van der Waals surface area contributed by atoms with Crippen LogP contribution in [0.1, 0.15) is 46.5 Å². The van der Waals surface area contributed by atoms with E-state index in [1.54, 1.807) is 0 Å². The monoisotopic (exact) mass is 179 g/mol. The minimum Gasteiger partial charge on any atom is -0.353 e. The first-order valence-electron chi connectivity index (χ1n) is 5.56. The van der Waals surface area contributed by atoms with Crippen LogP contribution >= 0.6 is 0 Å². The molecular weight excluding hydrogens is 157 g/mol. The molecule has 1 fully saturated rings. The Bertz CT molecular complexity index is 148. The van der Waals surface area contributed by atoms with E-state index in [1.807, 2.05) is 4.81 Å². The summed E-state index contributed by atoms with van der Waals surface area (Å²) in [5.74, 6) is 0.882. The lowest BCUT2D eigenvalue weighted by atomic mass is 9.71. The average molecular weight is 179 g/mol. The molecule has 0 atom stereocenters. The lowest BCUT2D eigenvalue weighted by molar-refractivity contribution is 0.127. The Balaban J connectivity index is 2.42. The molecule has 0 saturated carbocycles. The summed E-state index contributed by atoms with van der Waals surface area (Å²) in [4.78, 5) is 1.96. The fourth-order valence-corrected chi connectivity index (χ4v) is 2.53. The van der Waals surface area contributed by atoms with Gasteiger partial charge in [0, 0.05) is 0 Å². The van der Waals surface area contributed by atoms with Crippen molar-refractivity contribution in [3.05, 3.63) is 0 Å². The smallest absolute Gasteiger partial charge is 0.182 e. The van der Waals surface area contributed by atoms with Gasteiger partial charge in [-0.15, -0.1) is 0 Å². The Hall–Kier alpha value is 0.0249. The number of nitrogens with zero attached hydrogens (tertiary/aromatic N) is 1. The minimum absolute atomic E-state index is 0.524. The maximum atomic E-state index is 5.75. The third-order valence-electron chi connectivity index (χ3n) is 3.53. The third kappa shape index (κ3) is 3.01. The van der Waals surface area contributed by atoms with Crippen molar-refractivity contribution in [2.24, 2.45) is 11.3 Å². The van der Waals surface area contributed by atoms with Crippen molar-refractivity contribution < 1.29 is 0 Å². The van der Waals surface area contributed by atoms with Crippen molar-refractivity contribution in [2.45, 2.75) is 46.5 Å². The molecule has 0 N–H and O–H groups in total. The molecular formula is C11H22BN. The van der Waals surface area contributed by atoms with Crippen molar-refractivity contribution in [3.8, 4) is 0 Å². The van der Waals surface area contributed by atoms with Gasteiger partial charge in [-0.3, -0.25) is 0 Å². The molecule has 2 heteroatoms. The zero-order valence-electron chi connectivity index (χ0n) is 9.34. The van der Waals surface area contributed by atoms with Gasteiger partial charge in [0.1, 0.15) is 0 Å². The highest BCUT2D eigenvalue weighted by atomic mass is 15.0. The Labute approximate surface area is 84.3 Å². The van der Waals surface area contributed by atoms with Gasteiger partial charge in [-0.2, -0.15) is 0 Å². The summed E-state index contributed by atoms with van der Waals surface area (Å²) >= 11 is 0. The van der Waals surface area contributed by atoms with E-state index in [2.05, 4.69) is 20.8 Å². The molecule has 1 rings (SSSR count). The molecule has 13 heavy (non-hydrogen) atoms. The molecule has 74 valence electrons. The first-order valence-corrected chi connectivity index (χ1v) is 5.56. The molecule has 0 bridgehead atoms. The lowest BCUT2D eigenvalue weighted by Gasteiger charge is -2.40. The van der Waals surface area contributed by atoms with Gasteiger partial charge in [0.2, 0.25) is 0 Å². The van der Waals surface area contributed by atoms with E-state index in [0.29, 0.717) is 5.41 Å².